The molecule has 2 heteroatoms. The van der Waals surface area contributed by atoms with Gasteiger partial charge in [0.15, 0.2) is 0 Å². The Kier molecular flexibility index (Phi) is 3.78. The highest BCUT2D eigenvalue weighted by Gasteiger charge is 2.02. The lowest BCUT2D eigenvalue weighted by molar-refractivity contribution is 1.27. The van der Waals surface area contributed by atoms with Gasteiger partial charge in [0.2, 0.25) is 0 Å². The first kappa shape index (κ1) is 10.6. The van der Waals surface area contributed by atoms with E-state index in [-0.39, 0.29) is 0 Å². The van der Waals surface area contributed by atoms with E-state index in [2.05, 4.69) is 60.5 Å². The van der Waals surface area contributed by atoms with E-state index >= 15 is 0 Å². The molecule has 0 saturated carbocycles. The summed E-state index contributed by atoms with van der Waals surface area (Å²) in [6, 6.07) is 4.37. The second-order valence-electron chi connectivity index (χ2n) is 3.11. The highest BCUT2D eigenvalue weighted by atomic mass is 127. The maximum atomic E-state index is 3.69. The molecule has 0 spiro atoms. The molecule has 0 unspecified atom stereocenters. The predicted molar refractivity (Wildman–Crippen MR) is 67.3 cm³/mol. The third-order valence-corrected chi connectivity index (χ3v) is 2.71. The third kappa shape index (κ3) is 2.72. The van der Waals surface area contributed by atoms with E-state index in [9.17, 15) is 0 Å². The smallest absolute Gasteiger partial charge is 0.0508 e. The molecular weight excluding hydrogens is 273 g/mol. The van der Waals surface area contributed by atoms with Crippen LogP contribution in [0.5, 0.6) is 0 Å². The number of hydrogen-bond donors (Lipinski definition) is 1. The molecule has 0 saturated heterocycles. The van der Waals surface area contributed by atoms with Crippen molar-refractivity contribution in [3.05, 3.63) is 39.5 Å². The SMILES string of the molecule is C=CCNc1c(C)cc(C)cc1I. The Bertz CT molecular complexity index is 295. The molecule has 0 aliphatic rings. The van der Waals surface area contributed by atoms with Gasteiger partial charge in [0.25, 0.3) is 0 Å². The molecule has 0 aliphatic carbocycles. The molecule has 1 rings (SSSR count). The van der Waals surface area contributed by atoms with Crippen molar-refractivity contribution < 1.29 is 0 Å². The van der Waals surface area contributed by atoms with Crippen molar-refractivity contribution >= 4 is 28.3 Å². The number of rotatable bonds is 3. The number of aryl methyl sites for hydroxylation is 2. The molecule has 1 aromatic rings. The van der Waals surface area contributed by atoms with Crippen LogP contribution in [0.2, 0.25) is 0 Å². The van der Waals surface area contributed by atoms with Gasteiger partial charge < -0.3 is 5.32 Å². The number of benzene rings is 1. The van der Waals surface area contributed by atoms with Gasteiger partial charge in [-0.1, -0.05) is 12.1 Å². The number of halogens is 1. The normalized spacial score (nSPS) is 9.77. The van der Waals surface area contributed by atoms with E-state index in [1.807, 2.05) is 6.08 Å². The zero-order valence-corrected chi connectivity index (χ0v) is 10.2. The molecule has 1 aromatic carbocycles. The van der Waals surface area contributed by atoms with Crippen LogP contribution in [0.15, 0.2) is 24.8 Å². The van der Waals surface area contributed by atoms with E-state index in [0.717, 1.165) is 6.54 Å². The monoisotopic (exact) mass is 287 g/mol. The summed E-state index contributed by atoms with van der Waals surface area (Å²) in [4.78, 5) is 0. The second-order valence-corrected chi connectivity index (χ2v) is 4.27. The lowest BCUT2D eigenvalue weighted by Gasteiger charge is -2.10. The molecular formula is C11H14IN. The topological polar surface area (TPSA) is 12.0 Å². The molecule has 0 aliphatic heterocycles. The minimum absolute atomic E-state index is 0.819. The third-order valence-electron chi connectivity index (χ3n) is 1.85. The Balaban J connectivity index is 2.98. The average Bonchev–Trinajstić information content (AvgIpc) is 2.02. The Hall–Kier alpha value is -0.510. The summed E-state index contributed by atoms with van der Waals surface area (Å²) >= 11 is 2.35. The van der Waals surface area contributed by atoms with Crippen LogP contribution in [0.4, 0.5) is 5.69 Å². The Morgan fingerprint density at radius 1 is 1.46 bits per heavy atom. The number of hydrogen-bond acceptors (Lipinski definition) is 1. The van der Waals surface area contributed by atoms with Crippen molar-refractivity contribution in [1.82, 2.24) is 0 Å². The van der Waals surface area contributed by atoms with Crippen molar-refractivity contribution in [1.29, 1.82) is 0 Å². The van der Waals surface area contributed by atoms with Crippen molar-refractivity contribution in [3.8, 4) is 0 Å². The molecule has 0 aromatic heterocycles. The van der Waals surface area contributed by atoms with Gasteiger partial charge in [0, 0.05) is 10.1 Å². The van der Waals surface area contributed by atoms with Crippen LogP contribution in [-0.2, 0) is 0 Å². The summed E-state index contributed by atoms with van der Waals surface area (Å²) in [6.45, 7) is 8.75. The summed E-state index contributed by atoms with van der Waals surface area (Å²) in [7, 11) is 0. The standard InChI is InChI=1S/C11H14IN/c1-4-5-13-11-9(3)6-8(2)7-10(11)12/h4,6-7,13H,1,5H2,2-3H3. The molecule has 0 radical (unpaired) electrons. The van der Waals surface area contributed by atoms with Gasteiger partial charge in [-0.05, 0) is 53.6 Å². The first-order chi connectivity index (χ1) is 6.15. The first-order valence-corrected chi connectivity index (χ1v) is 5.34. The lowest BCUT2D eigenvalue weighted by Crippen LogP contribution is -2.02. The van der Waals surface area contributed by atoms with Gasteiger partial charge in [-0.2, -0.15) is 0 Å². The first-order valence-electron chi connectivity index (χ1n) is 4.26. The van der Waals surface area contributed by atoms with Gasteiger partial charge in [0.05, 0.1) is 5.69 Å². The van der Waals surface area contributed by atoms with Crippen LogP contribution in [0, 0.1) is 17.4 Å². The Labute approximate surface area is 93.4 Å². The maximum Gasteiger partial charge on any atom is 0.0508 e. The molecule has 0 bridgehead atoms. The highest BCUT2D eigenvalue weighted by Crippen LogP contribution is 2.23. The zero-order chi connectivity index (χ0) is 9.84. The number of nitrogens with one attached hydrogen (secondary N) is 1. The van der Waals surface area contributed by atoms with E-state index < -0.39 is 0 Å². The van der Waals surface area contributed by atoms with Gasteiger partial charge >= 0.3 is 0 Å². The lowest BCUT2D eigenvalue weighted by atomic mass is 10.1. The summed E-state index contributed by atoms with van der Waals surface area (Å²) in [5.41, 5.74) is 3.84. The summed E-state index contributed by atoms with van der Waals surface area (Å²) < 4.78 is 1.27. The van der Waals surface area contributed by atoms with E-state index in [4.69, 9.17) is 0 Å². The summed E-state index contributed by atoms with van der Waals surface area (Å²) in [5.74, 6) is 0. The molecule has 0 fully saturated rings. The Morgan fingerprint density at radius 2 is 2.15 bits per heavy atom. The minimum Gasteiger partial charge on any atom is -0.381 e. The van der Waals surface area contributed by atoms with Crippen molar-refractivity contribution in [3.63, 3.8) is 0 Å². The quantitative estimate of drug-likeness (QED) is 0.662. The molecule has 13 heavy (non-hydrogen) atoms. The molecule has 70 valence electrons. The largest absolute Gasteiger partial charge is 0.381 e. The number of anilines is 1. The summed E-state index contributed by atoms with van der Waals surface area (Å²) in [5, 5.41) is 3.33. The zero-order valence-electron chi connectivity index (χ0n) is 8.02. The molecule has 0 atom stereocenters. The fourth-order valence-electron chi connectivity index (χ4n) is 1.31. The fraction of sp³-hybridized carbons (Fsp3) is 0.273. The Morgan fingerprint density at radius 3 is 2.69 bits per heavy atom. The maximum absolute atomic E-state index is 3.69. The molecule has 0 heterocycles. The van der Waals surface area contributed by atoms with Crippen LogP contribution in [0.1, 0.15) is 11.1 Å². The highest BCUT2D eigenvalue weighted by molar-refractivity contribution is 14.1. The average molecular weight is 287 g/mol. The fourth-order valence-corrected chi connectivity index (χ4v) is 2.42. The summed E-state index contributed by atoms with van der Waals surface area (Å²) in [6.07, 6.45) is 1.87. The van der Waals surface area contributed by atoms with Crippen molar-refractivity contribution in [2.24, 2.45) is 0 Å². The van der Waals surface area contributed by atoms with Crippen molar-refractivity contribution in [2.45, 2.75) is 13.8 Å². The molecule has 1 N–H and O–H groups in total. The minimum atomic E-state index is 0.819. The van der Waals surface area contributed by atoms with Gasteiger partial charge in [-0.15, -0.1) is 6.58 Å². The van der Waals surface area contributed by atoms with Crippen molar-refractivity contribution in [2.75, 3.05) is 11.9 Å². The van der Waals surface area contributed by atoms with E-state index in [1.165, 1.54) is 20.4 Å². The van der Waals surface area contributed by atoms with E-state index in [1.54, 1.807) is 0 Å². The predicted octanol–water partition coefficient (Wildman–Crippen LogP) is 3.51. The van der Waals surface area contributed by atoms with Crippen LogP contribution in [-0.4, -0.2) is 6.54 Å². The molecule has 0 amide bonds. The second kappa shape index (κ2) is 4.65. The molecule has 1 nitrogen and oxygen atoms in total. The van der Waals surface area contributed by atoms with Gasteiger partial charge in [0.1, 0.15) is 0 Å². The van der Waals surface area contributed by atoms with Crippen LogP contribution < -0.4 is 5.32 Å². The van der Waals surface area contributed by atoms with Crippen LogP contribution in [0.3, 0.4) is 0 Å². The van der Waals surface area contributed by atoms with Gasteiger partial charge in [-0.3, -0.25) is 0 Å². The van der Waals surface area contributed by atoms with E-state index in [0.29, 0.717) is 0 Å². The van der Waals surface area contributed by atoms with Crippen LogP contribution >= 0.6 is 22.6 Å². The van der Waals surface area contributed by atoms with Crippen LogP contribution in [0.25, 0.3) is 0 Å². The van der Waals surface area contributed by atoms with Gasteiger partial charge in [-0.25, -0.2) is 0 Å².